The average Bonchev–Trinajstić information content (AvgIpc) is 2.87. The van der Waals surface area contributed by atoms with Crippen molar-refractivity contribution in [1.29, 1.82) is 5.26 Å². The minimum absolute atomic E-state index is 0.0638. The van der Waals surface area contributed by atoms with Crippen molar-refractivity contribution in [2.75, 3.05) is 0 Å². The van der Waals surface area contributed by atoms with Crippen LogP contribution >= 0.6 is 0 Å². The zero-order valence-electron chi connectivity index (χ0n) is 12.2. The molecule has 3 rings (SSSR count). The Labute approximate surface area is 131 Å². The van der Waals surface area contributed by atoms with Crippen molar-refractivity contribution >= 4 is 17.0 Å². The van der Waals surface area contributed by atoms with Gasteiger partial charge in [0.1, 0.15) is 6.07 Å². The molecule has 0 radical (unpaired) electrons. The molecule has 0 atom stereocenters. The first-order valence-electron chi connectivity index (χ1n) is 6.93. The van der Waals surface area contributed by atoms with E-state index in [2.05, 4.69) is 6.07 Å². The van der Waals surface area contributed by atoms with E-state index in [1.165, 1.54) is 10.6 Å². The number of halogens is 2. The summed E-state index contributed by atoms with van der Waals surface area (Å²) in [4.78, 5) is 0. The average molecular weight is 310 g/mol. The Balaban J connectivity index is 2.49. The fraction of sp³-hybridized carbons (Fsp3) is 0.0556. The molecule has 114 valence electrons. The van der Waals surface area contributed by atoms with E-state index in [-0.39, 0.29) is 5.69 Å². The van der Waals surface area contributed by atoms with E-state index in [0.29, 0.717) is 22.2 Å². The summed E-state index contributed by atoms with van der Waals surface area (Å²) >= 11 is 0. The van der Waals surface area contributed by atoms with Gasteiger partial charge in [-0.1, -0.05) is 24.3 Å². The molecule has 3 aromatic rings. The summed E-state index contributed by atoms with van der Waals surface area (Å²) in [7, 11) is 0. The minimum Gasteiger partial charge on any atom is -0.505 e. The lowest BCUT2D eigenvalue weighted by Crippen LogP contribution is -2.02. The van der Waals surface area contributed by atoms with Crippen LogP contribution in [0.5, 0.6) is 5.75 Å². The standard InChI is InChI=1S/C18H12F2N2O/c1-2-5-13-12(10-21)11-6-3-4-7-14(11)22(13)15-8-9-16(23)18(20)17(15)19/h2-9,23H,1H3/b5-2-. The maximum atomic E-state index is 14.3. The SMILES string of the molecule is C/C=C\c1c(C#N)c2ccccc2n1-c1ccc(O)c(F)c1F. The second-order valence-corrected chi connectivity index (χ2v) is 4.96. The first-order valence-corrected chi connectivity index (χ1v) is 6.93. The van der Waals surface area contributed by atoms with E-state index in [4.69, 9.17) is 0 Å². The van der Waals surface area contributed by atoms with Gasteiger partial charge in [-0.25, -0.2) is 4.39 Å². The van der Waals surface area contributed by atoms with Crippen LogP contribution in [0.1, 0.15) is 18.2 Å². The van der Waals surface area contributed by atoms with Gasteiger partial charge in [0.15, 0.2) is 11.6 Å². The van der Waals surface area contributed by atoms with Crippen LogP contribution < -0.4 is 0 Å². The number of benzene rings is 2. The lowest BCUT2D eigenvalue weighted by atomic mass is 10.1. The summed E-state index contributed by atoms with van der Waals surface area (Å²) < 4.78 is 29.6. The molecule has 0 saturated carbocycles. The monoisotopic (exact) mass is 310 g/mol. The van der Waals surface area contributed by atoms with Crippen LogP contribution in [0, 0.1) is 23.0 Å². The highest BCUT2D eigenvalue weighted by molar-refractivity contribution is 5.92. The number of fused-ring (bicyclic) bond motifs is 1. The molecule has 0 amide bonds. The summed E-state index contributed by atoms with van der Waals surface area (Å²) in [5.41, 5.74) is 1.36. The molecule has 1 heterocycles. The Bertz CT molecular complexity index is 981. The summed E-state index contributed by atoms with van der Waals surface area (Å²) in [5.74, 6) is -3.23. The lowest BCUT2D eigenvalue weighted by Gasteiger charge is -2.11. The quantitative estimate of drug-likeness (QED) is 0.756. The van der Waals surface area contributed by atoms with E-state index in [0.717, 1.165) is 6.07 Å². The van der Waals surface area contributed by atoms with Crippen LogP contribution in [0.15, 0.2) is 42.5 Å². The Morgan fingerprint density at radius 1 is 1.13 bits per heavy atom. The number of nitriles is 1. The maximum absolute atomic E-state index is 14.3. The van der Waals surface area contributed by atoms with E-state index in [1.54, 1.807) is 43.3 Å². The molecule has 0 unspecified atom stereocenters. The number of allylic oxidation sites excluding steroid dienone is 1. The lowest BCUT2D eigenvalue weighted by molar-refractivity contribution is 0.406. The van der Waals surface area contributed by atoms with Crippen molar-refractivity contribution in [3.63, 3.8) is 0 Å². The van der Waals surface area contributed by atoms with Crippen LogP contribution in [-0.4, -0.2) is 9.67 Å². The zero-order valence-corrected chi connectivity index (χ0v) is 12.2. The van der Waals surface area contributed by atoms with Crippen molar-refractivity contribution < 1.29 is 13.9 Å². The third-order valence-electron chi connectivity index (χ3n) is 3.63. The van der Waals surface area contributed by atoms with Crippen LogP contribution in [-0.2, 0) is 0 Å². The van der Waals surface area contributed by atoms with Crippen molar-refractivity contribution in [3.8, 4) is 17.5 Å². The molecule has 0 fully saturated rings. The first-order chi connectivity index (χ1) is 11.1. The number of nitrogens with zero attached hydrogens (tertiary/aromatic N) is 2. The molecule has 0 aliphatic heterocycles. The van der Waals surface area contributed by atoms with E-state index in [9.17, 15) is 19.1 Å². The van der Waals surface area contributed by atoms with Gasteiger partial charge in [-0.3, -0.25) is 0 Å². The predicted octanol–water partition coefficient (Wildman–Crippen LogP) is 4.52. The van der Waals surface area contributed by atoms with Gasteiger partial charge in [-0.05, 0) is 31.2 Å². The van der Waals surface area contributed by atoms with Gasteiger partial charge in [-0.15, -0.1) is 0 Å². The van der Waals surface area contributed by atoms with Gasteiger partial charge in [0, 0.05) is 5.39 Å². The van der Waals surface area contributed by atoms with Crippen LogP contribution in [0.4, 0.5) is 8.78 Å². The number of phenols is 1. The van der Waals surface area contributed by atoms with E-state index < -0.39 is 17.4 Å². The molecular weight excluding hydrogens is 298 g/mol. The first kappa shape index (κ1) is 14.8. The number of rotatable bonds is 2. The van der Waals surface area contributed by atoms with Gasteiger partial charge in [0.25, 0.3) is 0 Å². The third-order valence-corrected chi connectivity index (χ3v) is 3.63. The smallest absolute Gasteiger partial charge is 0.202 e. The van der Waals surface area contributed by atoms with Gasteiger partial charge < -0.3 is 9.67 Å². The Morgan fingerprint density at radius 2 is 1.87 bits per heavy atom. The largest absolute Gasteiger partial charge is 0.505 e. The number of hydrogen-bond donors (Lipinski definition) is 1. The van der Waals surface area contributed by atoms with E-state index >= 15 is 0 Å². The van der Waals surface area contributed by atoms with E-state index in [1.807, 2.05) is 0 Å². The molecule has 1 aromatic heterocycles. The second kappa shape index (κ2) is 5.58. The fourth-order valence-electron chi connectivity index (χ4n) is 2.65. The molecule has 3 nitrogen and oxygen atoms in total. The van der Waals surface area contributed by atoms with Gasteiger partial charge in [-0.2, -0.15) is 9.65 Å². The summed E-state index contributed by atoms with van der Waals surface area (Å²) in [6.45, 7) is 1.77. The van der Waals surface area contributed by atoms with Gasteiger partial charge in [0.05, 0.1) is 22.5 Å². The van der Waals surface area contributed by atoms with Gasteiger partial charge >= 0.3 is 0 Å². The highest BCUT2D eigenvalue weighted by Crippen LogP contribution is 2.33. The number of aromatic nitrogens is 1. The minimum atomic E-state index is -1.31. The molecule has 2 aromatic carbocycles. The molecule has 0 saturated heterocycles. The van der Waals surface area contributed by atoms with Gasteiger partial charge in [0.2, 0.25) is 5.82 Å². The van der Waals surface area contributed by atoms with Crippen LogP contribution in [0.2, 0.25) is 0 Å². The summed E-state index contributed by atoms with van der Waals surface area (Å²) in [6.07, 6.45) is 3.39. The van der Waals surface area contributed by atoms with Crippen molar-refractivity contribution in [2.45, 2.75) is 6.92 Å². The third kappa shape index (κ3) is 2.16. The molecule has 0 aliphatic rings. The molecule has 1 N–H and O–H groups in total. The fourth-order valence-corrected chi connectivity index (χ4v) is 2.65. The van der Waals surface area contributed by atoms with Crippen molar-refractivity contribution in [3.05, 3.63) is 65.4 Å². The Kier molecular flexibility index (Phi) is 3.59. The Morgan fingerprint density at radius 3 is 2.57 bits per heavy atom. The molecule has 23 heavy (non-hydrogen) atoms. The summed E-state index contributed by atoms with van der Waals surface area (Å²) in [5, 5.41) is 19.4. The number of para-hydroxylation sites is 1. The highest BCUT2D eigenvalue weighted by atomic mass is 19.2. The maximum Gasteiger partial charge on any atom is 0.202 e. The number of aromatic hydroxyl groups is 1. The highest BCUT2D eigenvalue weighted by Gasteiger charge is 2.21. The van der Waals surface area contributed by atoms with Crippen molar-refractivity contribution in [2.24, 2.45) is 0 Å². The number of phenolic OH excluding ortho intramolecular Hbond substituents is 1. The number of hydrogen-bond acceptors (Lipinski definition) is 2. The topological polar surface area (TPSA) is 49.0 Å². The Hall–Kier alpha value is -3.13. The van der Waals surface area contributed by atoms with Crippen LogP contribution in [0.3, 0.4) is 0 Å². The molecule has 0 spiro atoms. The predicted molar refractivity (Wildman–Crippen MR) is 84.3 cm³/mol. The zero-order chi connectivity index (χ0) is 16.6. The molecular formula is C18H12F2N2O. The normalized spacial score (nSPS) is 11.2. The summed E-state index contributed by atoms with van der Waals surface area (Å²) in [6, 6.07) is 11.5. The molecule has 5 heteroatoms. The van der Waals surface area contributed by atoms with Crippen LogP contribution in [0.25, 0.3) is 22.7 Å². The van der Waals surface area contributed by atoms with Crippen molar-refractivity contribution in [1.82, 2.24) is 4.57 Å². The molecule has 0 bridgehead atoms. The second-order valence-electron chi connectivity index (χ2n) is 4.96. The molecule has 0 aliphatic carbocycles.